The van der Waals surface area contributed by atoms with Crippen LogP contribution in [-0.2, 0) is 14.3 Å². The van der Waals surface area contributed by atoms with E-state index in [1.54, 1.807) is 6.92 Å². The number of nitrogens with two attached hydrogens (primary N) is 1. The molecule has 5 N–H and O–H groups in total. The van der Waals surface area contributed by atoms with Gasteiger partial charge in [0.2, 0.25) is 11.8 Å². The van der Waals surface area contributed by atoms with Gasteiger partial charge in [0.1, 0.15) is 11.5 Å². The van der Waals surface area contributed by atoms with Crippen LogP contribution in [0.5, 0.6) is 0 Å². The molecule has 0 aromatic rings. The minimum atomic E-state index is -1.20. The van der Waals surface area contributed by atoms with Crippen molar-refractivity contribution in [1.82, 2.24) is 10.6 Å². The van der Waals surface area contributed by atoms with Gasteiger partial charge in [-0.15, -0.1) is 0 Å². The molecule has 1 atom stereocenters. The molecule has 2 amide bonds. The summed E-state index contributed by atoms with van der Waals surface area (Å²) < 4.78 is 4.79. The Morgan fingerprint density at radius 3 is 2.53 bits per heavy atom. The number of nitrogens with zero attached hydrogens (tertiary/aromatic N) is 1. The molecule has 19 heavy (non-hydrogen) atoms. The molecular formula is C11H22N4O4. The van der Waals surface area contributed by atoms with Gasteiger partial charge < -0.3 is 26.3 Å². The second-order valence-corrected chi connectivity index (χ2v) is 4.59. The Morgan fingerprint density at radius 1 is 1.47 bits per heavy atom. The summed E-state index contributed by atoms with van der Waals surface area (Å²) in [5.41, 5.74) is 4.23. The monoisotopic (exact) mass is 274 g/mol. The van der Waals surface area contributed by atoms with Crippen molar-refractivity contribution < 1.29 is 19.5 Å². The van der Waals surface area contributed by atoms with Gasteiger partial charge in [0.05, 0.1) is 6.61 Å². The number of hydrogen-bond donors (Lipinski definition) is 4. The first kappa shape index (κ1) is 17.2. The molecule has 0 radical (unpaired) electrons. The Balaban J connectivity index is 4.44. The molecule has 0 aliphatic carbocycles. The molecular weight excluding hydrogens is 252 g/mol. The maximum atomic E-state index is 11.9. The first-order valence-electron chi connectivity index (χ1n) is 5.83. The lowest BCUT2D eigenvalue weighted by Gasteiger charge is -2.24. The number of nitrogens with one attached hydrogen (secondary N) is 2. The third-order valence-electron chi connectivity index (χ3n) is 2.66. The predicted octanol–water partition coefficient (Wildman–Crippen LogP) is -0.974. The van der Waals surface area contributed by atoms with Crippen molar-refractivity contribution in [3.63, 3.8) is 0 Å². The van der Waals surface area contributed by atoms with Crippen LogP contribution in [0.3, 0.4) is 0 Å². The third kappa shape index (κ3) is 5.12. The third-order valence-corrected chi connectivity index (χ3v) is 2.66. The lowest BCUT2D eigenvalue weighted by atomic mass is 9.90. The van der Waals surface area contributed by atoms with Crippen LogP contribution in [-0.4, -0.2) is 49.2 Å². The minimum absolute atomic E-state index is 0.225. The van der Waals surface area contributed by atoms with Crippen molar-refractivity contribution in [3.8, 4) is 0 Å². The van der Waals surface area contributed by atoms with Crippen LogP contribution in [0.15, 0.2) is 5.16 Å². The smallest absolute Gasteiger partial charge is 0.242 e. The van der Waals surface area contributed by atoms with Gasteiger partial charge in [0.25, 0.3) is 0 Å². The van der Waals surface area contributed by atoms with Gasteiger partial charge in [-0.2, -0.15) is 0 Å². The van der Waals surface area contributed by atoms with E-state index >= 15 is 0 Å². The molecule has 0 aromatic heterocycles. The van der Waals surface area contributed by atoms with E-state index in [9.17, 15) is 9.59 Å². The molecule has 8 heteroatoms. The Morgan fingerprint density at radius 2 is 2.05 bits per heavy atom. The molecule has 1 unspecified atom stereocenters. The highest BCUT2D eigenvalue weighted by Gasteiger charge is 2.34. The quantitative estimate of drug-likeness (QED) is 0.156. The Labute approximate surface area is 112 Å². The number of carbonyl (C=O) groups is 2. The molecule has 0 bridgehead atoms. The number of amidine groups is 1. The van der Waals surface area contributed by atoms with E-state index in [4.69, 9.17) is 15.7 Å². The summed E-state index contributed by atoms with van der Waals surface area (Å²) in [7, 11) is 1.52. The average molecular weight is 274 g/mol. The average Bonchev–Trinajstić information content (AvgIpc) is 2.37. The van der Waals surface area contributed by atoms with Crippen molar-refractivity contribution >= 4 is 17.6 Å². The number of amides is 2. The summed E-state index contributed by atoms with van der Waals surface area (Å²) in [5.74, 6) is -1.06. The molecule has 0 rings (SSSR count). The zero-order chi connectivity index (χ0) is 15.1. The van der Waals surface area contributed by atoms with Crippen molar-refractivity contribution in [2.45, 2.75) is 26.8 Å². The fourth-order valence-electron chi connectivity index (χ4n) is 1.11. The molecule has 0 aliphatic rings. The number of carbonyl (C=O) groups excluding carboxylic acids is 2. The number of rotatable bonds is 7. The normalized spacial score (nSPS) is 13.8. The number of methoxy groups -OCH3 is 1. The maximum absolute atomic E-state index is 11.9. The van der Waals surface area contributed by atoms with Crippen LogP contribution in [0, 0.1) is 5.41 Å². The maximum Gasteiger partial charge on any atom is 0.242 e. The van der Waals surface area contributed by atoms with Crippen LogP contribution in [0.25, 0.3) is 0 Å². The van der Waals surface area contributed by atoms with Gasteiger partial charge in [-0.3, -0.25) is 9.59 Å². The minimum Gasteiger partial charge on any atom is -0.409 e. The summed E-state index contributed by atoms with van der Waals surface area (Å²) in [6.45, 7) is 5.28. The molecule has 0 aromatic carbocycles. The van der Waals surface area contributed by atoms with Crippen LogP contribution in [0.2, 0.25) is 0 Å². The molecule has 0 fully saturated rings. The van der Waals surface area contributed by atoms with E-state index in [1.165, 1.54) is 21.0 Å². The molecule has 0 heterocycles. The topological polar surface area (TPSA) is 126 Å². The SMILES string of the molecule is COCCNC(=O)C(C)NC(=O)C(C)(C)C(N)=NO. The highest BCUT2D eigenvalue weighted by molar-refractivity contribution is 6.06. The van der Waals surface area contributed by atoms with Gasteiger partial charge >= 0.3 is 0 Å². The van der Waals surface area contributed by atoms with Gasteiger partial charge in [-0.05, 0) is 20.8 Å². The van der Waals surface area contributed by atoms with Crippen molar-refractivity contribution in [2.75, 3.05) is 20.3 Å². The first-order chi connectivity index (χ1) is 8.77. The zero-order valence-corrected chi connectivity index (χ0v) is 11.7. The van der Waals surface area contributed by atoms with Crippen LogP contribution >= 0.6 is 0 Å². The van der Waals surface area contributed by atoms with Gasteiger partial charge in [-0.25, -0.2) is 0 Å². The predicted molar refractivity (Wildman–Crippen MR) is 69.7 cm³/mol. The second kappa shape index (κ2) is 7.57. The Bertz CT molecular complexity index is 355. The molecule has 0 spiro atoms. The number of hydrogen-bond acceptors (Lipinski definition) is 5. The Hall–Kier alpha value is -1.83. The van der Waals surface area contributed by atoms with E-state index in [2.05, 4.69) is 15.8 Å². The molecule has 110 valence electrons. The lowest BCUT2D eigenvalue weighted by molar-refractivity contribution is -0.131. The zero-order valence-electron chi connectivity index (χ0n) is 11.7. The van der Waals surface area contributed by atoms with E-state index < -0.39 is 17.4 Å². The van der Waals surface area contributed by atoms with E-state index in [1.807, 2.05) is 0 Å². The number of oxime groups is 1. The largest absolute Gasteiger partial charge is 0.409 e. The summed E-state index contributed by atoms with van der Waals surface area (Å²) in [5, 5.41) is 16.5. The van der Waals surface area contributed by atoms with Gasteiger partial charge in [0.15, 0.2) is 5.84 Å². The first-order valence-corrected chi connectivity index (χ1v) is 5.83. The molecule has 0 saturated carbocycles. The summed E-state index contributed by atoms with van der Waals surface area (Å²) in [6, 6.07) is -0.727. The van der Waals surface area contributed by atoms with Crippen molar-refractivity contribution in [3.05, 3.63) is 0 Å². The van der Waals surface area contributed by atoms with E-state index in [0.717, 1.165) is 0 Å². The van der Waals surface area contributed by atoms with Gasteiger partial charge in [0, 0.05) is 13.7 Å². The van der Waals surface area contributed by atoms with Gasteiger partial charge in [-0.1, -0.05) is 5.16 Å². The lowest BCUT2D eigenvalue weighted by Crippen LogP contribution is -2.52. The van der Waals surface area contributed by atoms with Crippen LogP contribution < -0.4 is 16.4 Å². The second-order valence-electron chi connectivity index (χ2n) is 4.59. The van der Waals surface area contributed by atoms with Crippen LogP contribution in [0.4, 0.5) is 0 Å². The summed E-state index contributed by atoms with van der Waals surface area (Å²) in [4.78, 5) is 23.5. The summed E-state index contributed by atoms with van der Waals surface area (Å²) >= 11 is 0. The Kier molecular flexibility index (Phi) is 6.84. The van der Waals surface area contributed by atoms with E-state index in [0.29, 0.717) is 13.2 Å². The van der Waals surface area contributed by atoms with Crippen LogP contribution in [0.1, 0.15) is 20.8 Å². The number of ether oxygens (including phenoxy) is 1. The molecule has 0 aliphatic heterocycles. The molecule has 8 nitrogen and oxygen atoms in total. The van der Waals surface area contributed by atoms with E-state index in [-0.39, 0.29) is 11.7 Å². The van der Waals surface area contributed by atoms with Crippen molar-refractivity contribution in [2.24, 2.45) is 16.3 Å². The highest BCUT2D eigenvalue weighted by Crippen LogP contribution is 2.15. The standard InChI is InChI=1S/C11H22N4O4/c1-7(8(16)13-5-6-19-4)14-10(17)11(2,3)9(12)15-18/h7,18H,5-6H2,1-4H3,(H2,12,15)(H,13,16)(H,14,17). The fraction of sp³-hybridized carbons (Fsp3) is 0.727. The summed E-state index contributed by atoms with van der Waals surface area (Å²) in [6.07, 6.45) is 0. The fourth-order valence-corrected chi connectivity index (χ4v) is 1.11. The van der Waals surface area contributed by atoms with Crippen molar-refractivity contribution in [1.29, 1.82) is 0 Å². The highest BCUT2D eigenvalue weighted by atomic mass is 16.5. The molecule has 0 saturated heterocycles.